The average molecular weight is 240 g/mol. The fourth-order valence-corrected chi connectivity index (χ4v) is 2.23. The van der Waals surface area contributed by atoms with Crippen molar-refractivity contribution < 1.29 is 9.90 Å². The zero-order valence-electron chi connectivity index (χ0n) is 11.1. The molecule has 0 spiro atoms. The lowest BCUT2D eigenvalue weighted by atomic mass is 10.1. The maximum absolute atomic E-state index is 10.5. The van der Waals surface area contributed by atoms with Crippen LogP contribution >= 0.6 is 0 Å². The van der Waals surface area contributed by atoms with Crippen LogP contribution in [0.15, 0.2) is 11.6 Å². The molecule has 4 nitrogen and oxygen atoms in total. The molecule has 0 saturated carbocycles. The Kier molecular flexibility index (Phi) is 5.65. The maximum Gasteiger partial charge on any atom is 0.328 e. The molecule has 17 heavy (non-hydrogen) atoms. The second kappa shape index (κ2) is 6.77. The van der Waals surface area contributed by atoms with Crippen LogP contribution in [0.25, 0.3) is 0 Å². The smallest absolute Gasteiger partial charge is 0.328 e. The summed E-state index contributed by atoms with van der Waals surface area (Å²) in [6.07, 6.45) is 2.50. The van der Waals surface area contributed by atoms with E-state index in [0.717, 1.165) is 38.3 Å². The highest BCUT2D eigenvalue weighted by Gasteiger charge is 2.19. The summed E-state index contributed by atoms with van der Waals surface area (Å²) < 4.78 is 0. The summed E-state index contributed by atoms with van der Waals surface area (Å²) in [5.74, 6) is -0.847. The van der Waals surface area contributed by atoms with E-state index in [1.54, 1.807) is 0 Å². The zero-order chi connectivity index (χ0) is 12.8. The van der Waals surface area contributed by atoms with Gasteiger partial charge in [0.05, 0.1) is 0 Å². The van der Waals surface area contributed by atoms with Gasteiger partial charge >= 0.3 is 5.97 Å². The fraction of sp³-hybridized carbons (Fsp3) is 0.769. The number of carbonyl (C=O) groups is 1. The molecule has 1 rings (SSSR count). The van der Waals surface area contributed by atoms with Crippen LogP contribution < -0.4 is 0 Å². The van der Waals surface area contributed by atoms with Crippen LogP contribution in [0.1, 0.15) is 27.2 Å². The lowest BCUT2D eigenvalue weighted by Crippen LogP contribution is -2.49. The Morgan fingerprint density at radius 1 is 1.35 bits per heavy atom. The molecule has 0 aromatic rings. The molecule has 98 valence electrons. The predicted octanol–water partition coefficient (Wildman–Crippen LogP) is 1.43. The molecule has 1 N–H and O–H groups in total. The first-order valence-electron chi connectivity index (χ1n) is 6.39. The highest BCUT2D eigenvalue weighted by molar-refractivity contribution is 5.80. The van der Waals surface area contributed by atoms with E-state index in [4.69, 9.17) is 5.11 Å². The van der Waals surface area contributed by atoms with Crippen LogP contribution in [0.3, 0.4) is 0 Å². The fourth-order valence-electron chi connectivity index (χ4n) is 2.23. The van der Waals surface area contributed by atoms with Crippen molar-refractivity contribution in [3.8, 4) is 0 Å². The summed E-state index contributed by atoms with van der Waals surface area (Å²) in [6.45, 7) is 11.4. The van der Waals surface area contributed by atoms with Gasteiger partial charge in [0.25, 0.3) is 0 Å². The summed E-state index contributed by atoms with van der Waals surface area (Å²) in [4.78, 5) is 15.4. The van der Waals surface area contributed by atoms with E-state index in [9.17, 15) is 4.79 Å². The SMILES string of the molecule is CCC(C)N1CCN(CC(C)=CC(=O)O)CC1. The van der Waals surface area contributed by atoms with E-state index in [-0.39, 0.29) is 0 Å². The Hall–Kier alpha value is -0.870. The minimum Gasteiger partial charge on any atom is -0.478 e. The summed E-state index contributed by atoms with van der Waals surface area (Å²) in [5.41, 5.74) is 0.925. The number of nitrogens with zero attached hydrogens (tertiary/aromatic N) is 2. The van der Waals surface area contributed by atoms with E-state index in [2.05, 4.69) is 23.6 Å². The predicted molar refractivity (Wildman–Crippen MR) is 69.2 cm³/mol. The van der Waals surface area contributed by atoms with E-state index in [1.165, 1.54) is 12.5 Å². The maximum atomic E-state index is 10.5. The summed E-state index contributed by atoms with van der Waals surface area (Å²) in [6, 6.07) is 0.660. The first kappa shape index (κ1) is 14.2. The van der Waals surface area contributed by atoms with Crippen molar-refractivity contribution in [1.29, 1.82) is 0 Å². The first-order valence-corrected chi connectivity index (χ1v) is 6.39. The number of piperazine rings is 1. The van der Waals surface area contributed by atoms with Crippen molar-refractivity contribution in [1.82, 2.24) is 9.80 Å². The van der Waals surface area contributed by atoms with Gasteiger partial charge in [-0.15, -0.1) is 0 Å². The van der Waals surface area contributed by atoms with Gasteiger partial charge in [0, 0.05) is 44.8 Å². The van der Waals surface area contributed by atoms with Gasteiger partial charge in [-0.1, -0.05) is 12.5 Å². The highest BCUT2D eigenvalue weighted by atomic mass is 16.4. The number of rotatable bonds is 5. The molecule has 0 aromatic heterocycles. The standard InChI is InChI=1S/C13H24N2O2/c1-4-12(3)15-7-5-14(6-8-15)10-11(2)9-13(16)17/h9,12H,4-8,10H2,1-3H3,(H,16,17). The Bertz CT molecular complexity index is 281. The van der Waals surface area contributed by atoms with Gasteiger partial charge in [-0.25, -0.2) is 4.79 Å². The number of carboxylic acid groups (broad SMARTS) is 1. The summed E-state index contributed by atoms with van der Waals surface area (Å²) in [5, 5.41) is 8.66. The molecule has 0 aromatic carbocycles. The molecule has 0 bridgehead atoms. The molecule has 1 fully saturated rings. The Balaban J connectivity index is 2.35. The number of aliphatic carboxylic acids is 1. The van der Waals surface area contributed by atoms with Crippen LogP contribution in [0.5, 0.6) is 0 Å². The highest BCUT2D eigenvalue weighted by Crippen LogP contribution is 2.09. The van der Waals surface area contributed by atoms with E-state index < -0.39 is 5.97 Å². The monoisotopic (exact) mass is 240 g/mol. The molecule has 1 aliphatic rings. The lowest BCUT2D eigenvalue weighted by Gasteiger charge is -2.37. The van der Waals surface area contributed by atoms with Gasteiger partial charge in [-0.2, -0.15) is 0 Å². The van der Waals surface area contributed by atoms with Gasteiger partial charge in [-0.05, 0) is 20.3 Å². The minimum atomic E-state index is -0.847. The molecule has 0 radical (unpaired) electrons. The summed E-state index contributed by atoms with van der Waals surface area (Å²) >= 11 is 0. The molecular weight excluding hydrogens is 216 g/mol. The second-order valence-electron chi connectivity index (χ2n) is 4.90. The molecular formula is C13H24N2O2. The lowest BCUT2D eigenvalue weighted by molar-refractivity contribution is -0.131. The van der Waals surface area contributed by atoms with Crippen LogP contribution in [-0.2, 0) is 4.79 Å². The van der Waals surface area contributed by atoms with E-state index in [1.807, 2.05) is 6.92 Å². The Morgan fingerprint density at radius 2 is 1.94 bits per heavy atom. The normalized spacial score (nSPS) is 21.5. The molecule has 0 aliphatic carbocycles. The molecule has 0 amide bonds. The van der Waals surface area contributed by atoms with Crippen LogP contribution in [0, 0.1) is 0 Å². The van der Waals surface area contributed by atoms with Gasteiger partial charge in [-0.3, -0.25) is 9.80 Å². The van der Waals surface area contributed by atoms with Crippen molar-refractivity contribution in [2.24, 2.45) is 0 Å². The molecule has 1 heterocycles. The summed E-state index contributed by atoms with van der Waals surface area (Å²) in [7, 11) is 0. The Morgan fingerprint density at radius 3 is 2.41 bits per heavy atom. The van der Waals surface area contributed by atoms with Crippen LogP contribution in [0.4, 0.5) is 0 Å². The third-order valence-corrected chi connectivity index (χ3v) is 3.46. The van der Waals surface area contributed by atoms with Gasteiger partial charge in [0.2, 0.25) is 0 Å². The largest absolute Gasteiger partial charge is 0.478 e. The molecule has 1 unspecified atom stereocenters. The quantitative estimate of drug-likeness (QED) is 0.738. The minimum absolute atomic E-state index is 0.660. The second-order valence-corrected chi connectivity index (χ2v) is 4.90. The van der Waals surface area contributed by atoms with Crippen molar-refractivity contribution in [3.05, 3.63) is 11.6 Å². The Labute approximate surface area is 104 Å². The van der Waals surface area contributed by atoms with Gasteiger partial charge < -0.3 is 5.11 Å². The molecule has 1 atom stereocenters. The number of hydrogen-bond donors (Lipinski definition) is 1. The number of hydrogen-bond acceptors (Lipinski definition) is 3. The zero-order valence-corrected chi connectivity index (χ0v) is 11.1. The van der Waals surface area contributed by atoms with Crippen molar-refractivity contribution in [2.75, 3.05) is 32.7 Å². The molecule has 4 heteroatoms. The third kappa shape index (κ3) is 4.88. The molecule has 1 saturated heterocycles. The molecule has 1 aliphatic heterocycles. The topological polar surface area (TPSA) is 43.8 Å². The van der Waals surface area contributed by atoms with Gasteiger partial charge in [0.15, 0.2) is 0 Å². The van der Waals surface area contributed by atoms with Crippen molar-refractivity contribution in [2.45, 2.75) is 33.2 Å². The van der Waals surface area contributed by atoms with Crippen LogP contribution in [-0.4, -0.2) is 59.6 Å². The van der Waals surface area contributed by atoms with E-state index >= 15 is 0 Å². The van der Waals surface area contributed by atoms with Crippen molar-refractivity contribution >= 4 is 5.97 Å². The first-order chi connectivity index (χ1) is 8.02. The van der Waals surface area contributed by atoms with Crippen LogP contribution in [0.2, 0.25) is 0 Å². The van der Waals surface area contributed by atoms with Gasteiger partial charge in [0.1, 0.15) is 0 Å². The average Bonchev–Trinajstić information content (AvgIpc) is 2.28. The van der Waals surface area contributed by atoms with Crippen molar-refractivity contribution in [3.63, 3.8) is 0 Å². The van der Waals surface area contributed by atoms with E-state index in [0.29, 0.717) is 6.04 Å². The third-order valence-electron chi connectivity index (χ3n) is 3.46. The number of carboxylic acids is 1.